The van der Waals surface area contributed by atoms with E-state index in [1.807, 2.05) is 30.3 Å². The van der Waals surface area contributed by atoms with E-state index in [1.165, 1.54) is 32.1 Å². The molecule has 0 N–H and O–H groups in total. The lowest BCUT2D eigenvalue weighted by molar-refractivity contribution is 0.159. The van der Waals surface area contributed by atoms with Gasteiger partial charge in [-0.05, 0) is 32.9 Å². The minimum Gasteiger partial charge on any atom is -0.337 e. The number of nitrogens with zero attached hydrogens (tertiary/aromatic N) is 3. The van der Waals surface area contributed by atoms with Gasteiger partial charge in [0.05, 0.1) is 6.04 Å². The fraction of sp³-hybridized carbons (Fsp3) is 0.529. The Hall–Kier alpha value is -1.68. The van der Waals surface area contributed by atoms with Crippen molar-refractivity contribution in [3.63, 3.8) is 0 Å². The molecule has 1 fully saturated rings. The maximum Gasteiger partial charge on any atom is 0.244 e. The van der Waals surface area contributed by atoms with Crippen LogP contribution in [-0.4, -0.2) is 28.1 Å². The molecule has 0 spiro atoms. The topological polar surface area (TPSA) is 42.2 Å². The summed E-state index contributed by atoms with van der Waals surface area (Å²) in [5.74, 6) is 1.42. The van der Waals surface area contributed by atoms with E-state index in [0.29, 0.717) is 5.82 Å². The molecule has 2 aromatic rings. The van der Waals surface area contributed by atoms with Crippen molar-refractivity contribution in [2.45, 2.75) is 45.1 Å². The van der Waals surface area contributed by atoms with E-state index in [0.717, 1.165) is 24.5 Å². The first-order valence-electron chi connectivity index (χ1n) is 7.97. The molecule has 112 valence electrons. The highest BCUT2D eigenvalue weighted by molar-refractivity contribution is 5.53. The first-order chi connectivity index (χ1) is 10.3. The monoisotopic (exact) mass is 285 g/mol. The number of rotatable bonds is 3. The molecule has 0 amide bonds. The van der Waals surface area contributed by atoms with Crippen LogP contribution in [0.15, 0.2) is 34.9 Å². The Morgan fingerprint density at radius 2 is 1.67 bits per heavy atom. The van der Waals surface area contributed by atoms with Crippen LogP contribution in [0.25, 0.3) is 11.4 Å². The van der Waals surface area contributed by atoms with Gasteiger partial charge in [0.1, 0.15) is 0 Å². The van der Waals surface area contributed by atoms with Crippen LogP contribution in [0.5, 0.6) is 0 Å². The van der Waals surface area contributed by atoms with Crippen LogP contribution in [0.2, 0.25) is 0 Å². The summed E-state index contributed by atoms with van der Waals surface area (Å²) in [6.45, 7) is 4.43. The fourth-order valence-corrected chi connectivity index (χ4v) is 2.92. The Kier molecular flexibility index (Phi) is 4.65. The molecule has 1 aromatic carbocycles. The largest absolute Gasteiger partial charge is 0.337 e. The van der Waals surface area contributed by atoms with Gasteiger partial charge in [-0.1, -0.05) is 54.8 Å². The smallest absolute Gasteiger partial charge is 0.244 e. The second-order valence-electron chi connectivity index (χ2n) is 5.80. The van der Waals surface area contributed by atoms with Gasteiger partial charge < -0.3 is 4.52 Å². The van der Waals surface area contributed by atoms with Gasteiger partial charge in [-0.3, -0.25) is 4.90 Å². The first-order valence-corrected chi connectivity index (χ1v) is 7.97. The zero-order chi connectivity index (χ0) is 14.5. The van der Waals surface area contributed by atoms with Gasteiger partial charge in [0.25, 0.3) is 0 Å². The number of likely N-dealkylation sites (tertiary alicyclic amines) is 1. The zero-order valence-corrected chi connectivity index (χ0v) is 12.7. The van der Waals surface area contributed by atoms with Crippen molar-refractivity contribution in [2.75, 3.05) is 13.1 Å². The maximum absolute atomic E-state index is 5.50. The second-order valence-corrected chi connectivity index (χ2v) is 5.80. The van der Waals surface area contributed by atoms with Crippen molar-refractivity contribution in [1.82, 2.24) is 15.0 Å². The lowest BCUT2D eigenvalue weighted by atomic mass is 10.1. The van der Waals surface area contributed by atoms with Crippen LogP contribution < -0.4 is 0 Å². The van der Waals surface area contributed by atoms with Gasteiger partial charge in [0.2, 0.25) is 11.7 Å². The molecule has 1 aromatic heterocycles. The molecule has 21 heavy (non-hydrogen) atoms. The molecule has 1 aliphatic heterocycles. The SMILES string of the molecule is CC(c1nc(-c2ccccc2)no1)N1CCCCCCC1. The molecule has 1 atom stereocenters. The molecule has 4 heteroatoms. The standard InChI is InChI=1S/C17H23N3O/c1-14(20-12-8-3-2-4-9-13-20)17-18-16(19-21-17)15-10-6-5-7-11-15/h5-7,10-11,14H,2-4,8-9,12-13H2,1H3. The number of hydrogen-bond donors (Lipinski definition) is 0. The Morgan fingerprint density at radius 3 is 2.38 bits per heavy atom. The highest BCUT2D eigenvalue weighted by Crippen LogP contribution is 2.24. The van der Waals surface area contributed by atoms with E-state index < -0.39 is 0 Å². The van der Waals surface area contributed by atoms with Crippen molar-refractivity contribution in [3.05, 3.63) is 36.2 Å². The molecular weight excluding hydrogens is 262 g/mol. The van der Waals surface area contributed by atoms with Gasteiger partial charge in [0, 0.05) is 5.56 Å². The molecule has 0 bridgehead atoms. The zero-order valence-electron chi connectivity index (χ0n) is 12.7. The predicted molar refractivity (Wildman–Crippen MR) is 82.8 cm³/mol. The van der Waals surface area contributed by atoms with E-state index in [-0.39, 0.29) is 6.04 Å². The Bertz CT molecular complexity index is 544. The van der Waals surface area contributed by atoms with Crippen LogP contribution in [-0.2, 0) is 0 Å². The van der Waals surface area contributed by atoms with E-state index in [1.54, 1.807) is 0 Å². The molecule has 2 heterocycles. The van der Waals surface area contributed by atoms with Crippen molar-refractivity contribution < 1.29 is 4.52 Å². The third-order valence-corrected chi connectivity index (χ3v) is 4.27. The molecule has 3 rings (SSSR count). The van der Waals surface area contributed by atoms with Crippen LogP contribution in [0.4, 0.5) is 0 Å². The number of benzene rings is 1. The van der Waals surface area contributed by atoms with Gasteiger partial charge in [-0.15, -0.1) is 0 Å². The molecule has 0 aliphatic carbocycles. The third-order valence-electron chi connectivity index (χ3n) is 4.27. The molecule has 1 saturated heterocycles. The average molecular weight is 285 g/mol. The summed E-state index contributed by atoms with van der Waals surface area (Å²) in [5, 5.41) is 4.13. The van der Waals surface area contributed by atoms with Gasteiger partial charge in [-0.2, -0.15) is 4.98 Å². The summed E-state index contributed by atoms with van der Waals surface area (Å²) in [6.07, 6.45) is 6.58. The second kappa shape index (κ2) is 6.85. The van der Waals surface area contributed by atoms with Crippen LogP contribution >= 0.6 is 0 Å². The number of aromatic nitrogens is 2. The summed E-state index contributed by atoms with van der Waals surface area (Å²) in [7, 11) is 0. The molecule has 0 saturated carbocycles. The van der Waals surface area contributed by atoms with Gasteiger partial charge >= 0.3 is 0 Å². The van der Waals surface area contributed by atoms with Crippen molar-refractivity contribution >= 4 is 0 Å². The average Bonchev–Trinajstić information content (AvgIpc) is 2.97. The summed E-state index contributed by atoms with van der Waals surface area (Å²) in [4.78, 5) is 7.06. The quantitative estimate of drug-likeness (QED) is 0.852. The van der Waals surface area contributed by atoms with Gasteiger partial charge in [-0.25, -0.2) is 0 Å². The molecule has 1 unspecified atom stereocenters. The van der Waals surface area contributed by atoms with Crippen molar-refractivity contribution in [3.8, 4) is 11.4 Å². The van der Waals surface area contributed by atoms with Crippen molar-refractivity contribution in [2.24, 2.45) is 0 Å². The highest BCUT2D eigenvalue weighted by Gasteiger charge is 2.22. The van der Waals surface area contributed by atoms with E-state index in [2.05, 4.69) is 22.0 Å². The summed E-state index contributed by atoms with van der Waals surface area (Å²) < 4.78 is 5.50. The first kappa shape index (κ1) is 14.3. The molecule has 0 radical (unpaired) electrons. The van der Waals surface area contributed by atoms with E-state index >= 15 is 0 Å². The predicted octanol–water partition coefficient (Wildman–Crippen LogP) is 4.06. The minimum atomic E-state index is 0.202. The van der Waals surface area contributed by atoms with Crippen molar-refractivity contribution in [1.29, 1.82) is 0 Å². The maximum atomic E-state index is 5.50. The fourth-order valence-electron chi connectivity index (χ4n) is 2.92. The van der Waals surface area contributed by atoms with E-state index in [4.69, 9.17) is 4.52 Å². The molecular formula is C17H23N3O. The lowest BCUT2D eigenvalue weighted by Gasteiger charge is -2.28. The van der Waals surface area contributed by atoms with Crippen LogP contribution in [0, 0.1) is 0 Å². The van der Waals surface area contributed by atoms with Crippen LogP contribution in [0.3, 0.4) is 0 Å². The normalized spacial score (nSPS) is 18.9. The summed E-state index contributed by atoms with van der Waals surface area (Å²) in [5.41, 5.74) is 1.01. The Labute approximate surface area is 126 Å². The minimum absolute atomic E-state index is 0.202. The van der Waals surface area contributed by atoms with E-state index in [9.17, 15) is 0 Å². The lowest BCUT2D eigenvalue weighted by Crippen LogP contribution is -2.30. The molecule has 4 nitrogen and oxygen atoms in total. The Morgan fingerprint density at radius 1 is 1.00 bits per heavy atom. The highest BCUT2D eigenvalue weighted by atomic mass is 16.5. The van der Waals surface area contributed by atoms with Crippen LogP contribution in [0.1, 0.15) is 51.0 Å². The summed E-state index contributed by atoms with van der Waals surface area (Å²) in [6, 6.07) is 10.2. The Balaban J connectivity index is 1.72. The molecule has 1 aliphatic rings. The number of hydrogen-bond acceptors (Lipinski definition) is 4. The third kappa shape index (κ3) is 3.50. The van der Waals surface area contributed by atoms with Gasteiger partial charge in [0.15, 0.2) is 0 Å². The summed E-state index contributed by atoms with van der Waals surface area (Å²) >= 11 is 0.